The summed E-state index contributed by atoms with van der Waals surface area (Å²) in [6.45, 7) is 0.765. The number of hydrogen-bond donors (Lipinski definition) is 2. The maximum absolute atomic E-state index is 12.5. The molecule has 1 aliphatic heterocycles. The Balaban J connectivity index is 1.92. The molecule has 0 atom stereocenters. The number of hydrogen-bond acceptors (Lipinski definition) is 5. The molecule has 0 aromatic heterocycles. The van der Waals surface area contributed by atoms with Gasteiger partial charge in [-0.1, -0.05) is 11.6 Å². The average Bonchev–Trinajstić information content (AvgIpc) is 2.55. The lowest BCUT2D eigenvalue weighted by molar-refractivity contribution is 0.100. The first-order chi connectivity index (χ1) is 11.4. The van der Waals surface area contributed by atoms with E-state index in [1.807, 2.05) is 0 Å². The van der Waals surface area contributed by atoms with Gasteiger partial charge in [0.1, 0.15) is 13.2 Å². The van der Waals surface area contributed by atoms with Crippen LogP contribution in [0.3, 0.4) is 0 Å². The largest absolute Gasteiger partial charge is 0.486 e. The van der Waals surface area contributed by atoms with Crippen LogP contribution < -0.4 is 19.9 Å². The number of fused-ring (bicyclic) bond motifs is 1. The number of benzene rings is 2. The fourth-order valence-electron chi connectivity index (χ4n) is 2.18. The van der Waals surface area contributed by atoms with Crippen LogP contribution in [0.4, 0.5) is 5.69 Å². The minimum atomic E-state index is -3.88. The summed E-state index contributed by atoms with van der Waals surface area (Å²) in [7, 11) is -3.88. The Hall–Kier alpha value is -2.45. The molecule has 1 aliphatic rings. The van der Waals surface area contributed by atoms with Crippen molar-refractivity contribution in [1.29, 1.82) is 0 Å². The number of halogens is 1. The molecule has 3 rings (SSSR count). The van der Waals surface area contributed by atoms with E-state index in [2.05, 4.69) is 4.72 Å². The lowest BCUT2D eigenvalue weighted by Crippen LogP contribution is -2.18. The summed E-state index contributed by atoms with van der Waals surface area (Å²) >= 11 is 5.85. The van der Waals surface area contributed by atoms with E-state index in [0.717, 1.165) is 0 Å². The lowest BCUT2D eigenvalue weighted by atomic mass is 10.2. The molecule has 24 heavy (non-hydrogen) atoms. The standard InChI is InChI=1S/C15H13ClN2O5S/c16-12-3-1-9(7-11(12)15(17)19)18-24(20,21)10-2-4-13-14(8-10)23-6-5-22-13/h1-4,7-8,18H,5-6H2,(H2,17,19). The topological polar surface area (TPSA) is 108 Å². The van der Waals surface area contributed by atoms with Crippen molar-refractivity contribution >= 4 is 33.2 Å². The van der Waals surface area contributed by atoms with E-state index < -0.39 is 15.9 Å². The molecular weight excluding hydrogens is 356 g/mol. The number of nitrogens with one attached hydrogen (secondary N) is 1. The zero-order valence-corrected chi connectivity index (χ0v) is 13.9. The summed E-state index contributed by atoms with van der Waals surface area (Å²) < 4.78 is 38.1. The first-order valence-electron chi connectivity index (χ1n) is 6.89. The van der Waals surface area contributed by atoms with Gasteiger partial charge >= 0.3 is 0 Å². The molecule has 0 saturated heterocycles. The second kappa shape index (κ2) is 6.21. The number of carbonyl (C=O) groups is 1. The van der Waals surface area contributed by atoms with Gasteiger partial charge in [-0.15, -0.1) is 0 Å². The molecule has 3 N–H and O–H groups in total. The minimum absolute atomic E-state index is 0.00215. The van der Waals surface area contributed by atoms with E-state index in [4.69, 9.17) is 26.8 Å². The number of primary amides is 1. The molecule has 0 fully saturated rings. The van der Waals surface area contributed by atoms with Gasteiger partial charge in [0.05, 0.1) is 15.5 Å². The van der Waals surface area contributed by atoms with Crippen molar-refractivity contribution in [2.75, 3.05) is 17.9 Å². The molecule has 2 aromatic rings. The number of ether oxygens (including phenoxy) is 2. The van der Waals surface area contributed by atoms with Gasteiger partial charge < -0.3 is 15.2 Å². The van der Waals surface area contributed by atoms with E-state index in [0.29, 0.717) is 24.7 Å². The molecule has 1 amide bonds. The Labute approximate surface area is 143 Å². The van der Waals surface area contributed by atoms with Crippen molar-refractivity contribution in [3.63, 3.8) is 0 Å². The molecule has 9 heteroatoms. The van der Waals surface area contributed by atoms with Gasteiger partial charge in [-0.3, -0.25) is 9.52 Å². The Kier molecular flexibility index (Phi) is 4.25. The van der Waals surface area contributed by atoms with Crippen molar-refractivity contribution in [2.45, 2.75) is 4.90 Å². The molecule has 0 radical (unpaired) electrons. The number of sulfonamides is 1. The SMILES string of the molecule is NC(=O)c1cc(NS(=O)(=O)c2ccc3c(c2)OCCO3)ccc1Cl. The maximum Gasteiger partial charge on any atom is 0.262 e. The summed E-state index contributed by atoms with van der Waals surface area (Å²) in [6.07, 6.45) is 0. The number of nitrogens with two attached hydrogens (primary N) is 1. The van der Waals surface area contributed by atoms with Crippen LogP contribution in [0.2, 0.25) is 5.02 Å². The predicted octanol–water partition coefficient (Wildman–Crippen LogP) is 2.01. The first kappa shape index (κ1) is 16.4. The summed E-state index contributed by atoms with van der Waals surface area (Å²) in [5, 5.41) is 0.143. The highest BCUT2D eigenvalue weighted by Gasteiger charge is 2.20. The van der Waals surface area contributed by atoms with Gasteiger partial charge in [-0.25, -0.2) is 8.42 Å². The number of rotatable bonds is 4. The van der Waals surface area contributed by atoms with Gasteiger partial charge in [-0.05, 0) is 30.3 Å². The van der Waals surface area contributed by atoms with Crippen LogP contribution in [0.25, 0.3) is 0 Å². The molecular formula is C15H13ClN2O5S. The smallest absolute Gasteiger partial charge is 0.262 e. The Morgan fingerprint density at radius 1 is 1.08 bits per heavy atom. The summed E-state index contributed by atoms with van der Waals surface area (Å²) in [5.74, 6) is 0.0983. The van der Waals surface area contributed by atoms with Crippen molar-refractivity contribution in [3.8, 4) is 11.5 Å². The summed E-state index contributed by atoms with van der Waals surface area (Å²) in [4.78, 5) is 11.3. The second-order valence-corrected chi connectivity index (χ2v) is 7.06. The van der Waals surface area contributed by atoms with Crippen molar-refractivity contribution in [2.24, 2.45) is 5.73 Å². The lowest BCUT2D eigenvalue weighted by Gasteiger charge is -2.19. The van der Waals surface area contributed by atoms with Gasteiger partial charge in [-0.2, -0.15) is 0 Å². The monoisotopic (exact) mass is 368 g/mol. The molecule has 126 valence electrons. The van der Waals surface area contributed by atoms with Crippen LogP contribution in [0.15, 0.2) is 41.3 Å². The van der Waals surface area contributed by atoms with Crippen LogP contribution in [-0.2, 0) is 10.0 Å². The molecule has 2 aromatic carbocycles. The molecule has 0 bridgehead atoms. The molecule has 0 aliphatic carbocycles. The summed E-state index contributed by atoms with van der Waals surface area (Å²) in [5.41, 5.74) is 5.40. The summed E-state index contributed by atoms with van der Waals surface area (Å²) in [6, 6.07) is 8.41. The highest BCUT2D eigenvalue weighted by Crippen LogP contribution is 2.33. The van der Waals surface area contributed by atoms with E-state index in [9.17, 15) is 13.2 Å². The highest BCUT2D eigenvalue weighted by molar-refractivity contribution is 7.92. The zero-order valence-electron chi connectivity index (χ0n) is 12.3. The van der Waals surface area contributed by atoms with E-state index >= 15 is 0 Å². The van der Waals surface area contributed by atoms with Gasteiger partial charge in [0.2, 0.25) is 5.91 Å². The van der Waals surface area contributed by atoms with Crippen LogP contribution >= 0.6 is 11.6 Å². The quantitative estimate of drug-likeness (QED) is 0.858. The minimum Gasteiger partial charge on any atom is -0.486 e. The zero-order chi connectivity index (χ0) is 17.3. The molecule has 0 spiro atoms. The number of amides is 1. The Morgan fingerprint density at radius 3 is 2.50 bits per heavy atom. The third kappa shape index (κ3) is 3.24. The Morgan fingerprint density at radius 2 is 1.79 bits per heavy atom. The number of carbonyl (C=O) groups excluding carboxylic acids is 1. The van der Waals surface area contributed by atoms with Crippen LogP contribution in [-0.4, -0.2) is 27.5 Å². The molecule has 1 heterocycles. The van der Waals surface area contributed by atoms with Gasteiger partial charge in [0.25, 0.3) is 10.0 Å². The van der Waals surface area contributed by atoms with Crippen molar-refractivity contribution in [1.82, 2.24) is 0 Å². The number of anilines is 1. The predicted molar refractivity (Wildman–Crippen MR) is 88.2 cm³/mol. The normalized spacial score (nSPS) is 13.4. The van der Waals surface area contributed by atoms with E-state index in [1.165, 1.54) is 36.4 Å². The third-order valence-electron chi connectivity index (χ3n) is 3.31. The van der Waals surface area contributed by atoms with Gasteiger partial charge in [0, 0.05) is 11.8 Å². The van der Waals surface area contributed by atoms with Crippen LogP contribution in [0, 0.1) is 0 Å². The van der Waals surface area contributed by atoms with Crippen molar-refractivity contribution in [3.05, 3.63) is 47.0 Å². The fraction of sp³-hybridized carbons (Fsp3) is 0.133. The average molecular weight is 369 g/mol. The van der Waals surface area contributed by atoms with Gasteiger partial charge in [0.15, 0.2) is 11.5 Å². The fourth-order valence-corrected chi connectivity index (χ4v) is 3.46. The second-order valence-electron chi connectivity index (χ2n) is 4.97. The van der Waals surface area contributed by atoms with Crippen LogP contribution in [0.5, 0.6) is 11.5 Å². The maximum atomic E-state index is 12.5. The molecule has 0 unspecified atom stereocenters. The highest BCUT2D eigenvalue weighted by atomic mass is 35.5. The van der Waals surface area contributed by atoms with E-state index in [1.54, 1.807) is 0 Å². The Bertz CT molecular complexity index is 914. The van der Waals surface area contributed by atoms with Crippen molar-refractivity contribution < 1.29 is 22.7 Å². The molecule has 7 nitrogen and oxygen atoms in total. The third-order valence-corrected chi connectivity index (χ3v) is 5.02. The van der Waals surface area contributed by atoms with Crippen LogP contribution in [0.1, 0.15) is 10.4 Å². The first-order valence-corrected chi connectivity index (χ1v) is 8.75. The molecule has 0 saturated carbocycles. The van der Waals surface area contributed by atoms with E-state index in [-0.39, 0.29) is 21.2 Å².